The van der Waals surface area contributed by atoms with Crippen molar-refractivity contribution >= 4 is 65.0 Å². The van der Waals surface area contributed by atoms with Crippen LogP contribution in [0.25, 0.3) is 127 Å². The van der Waals surface area contributed by atoms with E-state index < -0.39 is 0 Å². The van der Waals surface area contributed by atoms with Gasteiger partial charge in [0.05, 0.1) is 22.2 Å². The van der Waals surface area contributed by atoms with Crippen LogP contribution in [-0.4, -0.2) is 14.5 Å². The van der Waals surface area contributed by atoms with Crippen LogP contribution in [0.4, 0.5) is 0 Å². The number of fused-ring (bicyclic) bond motifs is 9. The fourth-order valence-corrected chi connectivity index (χ4v) is 10.1. The summed E-state index contributed by atoms with van der Waals surface area (Å²) in [6, 6.07) is 85.2. The lowest BCUT2D eigenvalue weighted by atomic mass is 9.94. The van der Waals surface area contributed by atoms with Crippen molar-refractivity contribution in [1.29, 1.82) is 0 Å². The van der Waals surface area contributed by atoms with E-state index in [2.05, 4.69) is 241 Å². The van der Waals surface area contributed by atoms with E-state index in [4.69, 9.17) is 9.97 Å². The zero-order valence-electron chi connectivity index (χ0n) is 35.4. The molecule has 0 unspecified atom stereocenters. The van der Waals surface area contributed by atoms with Crippen molar-refractivity contribution in [2.45, 2.75) is 0 Å². The minimum Gasteiger partial charge on any atom is -0.309 e. The highest BCUT2D eigenvalue weighted by molar-refractivity contribution is 6.30. The first-order chi connectivity index (χ1) is 32.2. The number of benzene rings is 11. The van der Waals surface area contributed by atoms with E-state index in [1.807, 2.05) is 0 Å². The van der Waals surface area contributed by atoms with Gasteiger partial charge in [0, 0.05) is 33.0 Å². The number of nitrogens with zero attached hydrogens (tertiary/aromatic N) is 3. The highest BCUT2D eigenvalue weighted by atomic mass is 15.0. The Morgan fingerprint density at radius 3 is 1.71 bits per heavy atom. The van der Waals surface area contributed by atoms with Crippen LogP contribution in [0.2, 0.25) is 0 Å². The summed E-state index contributed by atoms with van der Waals surface area (Å²) in [7, 11) is 0. The van der Waals surface area contributed by atoms with Gasteiger partial charge >= 0.3 is 0 Å². The maximum atomic E-state index is 5.41. The summed E-state index contributed by atoms with van der Waals surface area (Å²) in [4.78, 5) is 10.6. The fraction of sp³-hybridized carbons (Fsp3) is 0. The summed E-state index contributed by atoms with van der Waals surface area (Å²) in [6.45, 7) is 0. The number of para-hydroxylation sites is 1. The Labute approximate surface area is 376 Å². The summed E-state index contributed by atoms with van der Waals surface area (Å²) >= 11 is 0. The molecule has 2 heterocycles. The van der Waals surface area contributed by atoms with Gasteiger partial charge in [-0.25, -0.2) is 9.97 Å². The van der Waals surface area contributed by atoms with E-state index in [9.17, 15) is 0 Å². The first kappa shape index (κ1) is 36.9. The van der Waals surface area contributed by atoms with Gasteiger partial charge in [-0.3, -0.25) is 0 Å². The molecule has 0 bridgehead atoms. The van der Waals surface area contributed by atoms with Crippen LogP contribution in [0.1, 0.15) is 0 Å². The molecule has 0 saturated heterocycles. The average Bonchev–Trinajstić information content (AvgIpc) is 3.73. The average molecular weight is 826 g/mol. The van der Waals surface area contributed by atoms with Crippen molar-refractivity contribution in [3.8, 4) is 61.7 Å². The zero-order valence-corrected chi connectivity index (χ0v) is 35.4. The molecule has 0 amide bonds. The smallest absolute Gasteiger partial charge is 0.161 e. The third-order valence-electron chi connectivity index (χ3n) is 13.2. The third-order valence-corrected chi connectivity index (χ3v) is 13.2. The molecule has 0 N–H and O–H groups in total. The van der Waals surface area contributed by atoms with Gasteiger partial charge in [0.2, 0.25) is 0 Å². The van der Waals surface area contributed by atoms with Crippen molar-refractivity contribution < 1.29 is 0 Å². The summed E-state index contributed by atoms with van der Waals surface area (Å²) in [5.41, 5.74) is 14.5. The maximum absolute atomic E-state index is 5.41. The van der Waals surface area contributed by atoms with E-state index in [0.717, 1.165) is 55.3 Å². The molecule has 0 aliphatic heterocycles. The Kier molecular flexibility index (Phi) is 8.53. The monoisotopic (exact) mass is 825 g/mol. The van der Waals surface area contributed by atoms with Crippen LogP contribution in [0, 0.1) is 0 Å². The van der Waals surface area contributed by atoms with Gasteiger partial charge < -0.3 is 4.57 Å². The van der Waals surface area contributed by atoms with Gasteiger partial charge in [0.1, 0.15) is 0 Å². The predicted octanol–water partition coefficient (Wildman–Crippen LogP) is 16.5. The second-order valence-corrected chi connectivity index (χ2v) is 16.9. The normalized spacial score (nSPS) is 11.7. The minimum atomic E-state index is 0.706. The van der Waals surface area contributed by atoms with Crippen LogP contribution < -0.4 is 0 Å². The van der Waals surface area contributed by atoms with Crippen molar-refractivity contribution in [3.63, 3.8) is 0 Å². The largest absolute Gasteiger partial charge is 0.309 e. The molecule has 0 fully saturated rings. The summed E-state index contributed by atoms with van der Waals surface area (Å²) in [5.74, 6) is 0.706. The van der Waals surface area contributed by atoms with Crippen LogP contribution >= 0.6 is 0 Å². The standard InChI is InChI=1S/C62H39N3/c1-3-15-40(16-4-1)41-29-31-42(32-30-41)45-20-13-22-47(37-45)61-54-26-11-12-28-56(54)63-62(64-61)53-27-14-21-46-38-48(34-35-49(46)53)65-57-36-33-44-19-7-8-23-50(44)59(57)60-52-25-10-9-24-51(52)55(39-58(60)65)43-17-5-2-6-18-43/h1-39H. The molecule has 0 atom stereocenters. The first-order valence-electron chi connectivity index (χ1n) is 22.2. The Morgan fingerprint density at radius 2 is 0.892 bits per heavy atom. The molecule has 302 valence electrons. The number of rotatable bonds is 6. The SMILES string of the molecule is c1ccc(-c2ccc(-c3cccc(-c4nc(-c5cccc6cc(-n7c8ccc9ccccc9c8c8c9ccccc9c(-c9ccccc9)cc87)ccc56)nc5ccccc45)c3)cc2)cc1. The highest BCUT2D eigenvalue weighted by Crippen LogP contribution is 2.44. The Balaban J connectivity index is 0.973. The van der Waals surface area contributed by atoms with Crippen molar-refractivity contribution in [2.75, 3.05) is 0 Å². The van der Waals surface area contributed by atoms with Gasteiger partial charge in [0.15, 0.2) is 5.82 Å². The molecule has 0 aliphatic rings. The molecule has 0 spiro atoms. The van der Waals surface area contributed by atoms with E-state index in [0.29, 0.717) is 5.82 Å². The molecule has 0 aliphatic carbocycles. The van der Waals surface area contributed by atoms with Crippen molar-refractivity contribution in [1.82, 2.24) is 14.5 Å². The molecule has 11 aromatic carbocycles. The lowest BCUT2D eigenvalue weighted by Crippen LogP contribution is -1.97. The Hall–Kier alpha value is -8.66. The second-order valence-electron chi connectivity index (χ2n) is 16.9. The molecule has 0 radical (unpaired) electrons. The van der Waals surface area contributed by atoms with Crippen LogP contribution in [0.15, 0.2) is 237 Å². The molecule has 65 heavy (non-hydrogen) atoms. The molecule has 3 heteroatoms. The van der Waals surface area contributed by atoms with Gasteiger partial charge in [-0.05, 0) is 102 Å². The molecular formula is C62H39N3. The third kappa shape index (κ3) is 6.12. The zero-order chi connectivity index (χ0) is 42.8. The number of aromatic nitrogens is 3. The van der Waals surface area contributed by atoms with E-state index in [-0.39, 0.29) is 0 Å². The highest BCUT2D eigenvalue weighted by Gasteiger charge is 2.21. The van der Waals surface area contributed by atoms with Crippen LogP contribution in [-0.2, 0) is 0 Å². The summed E-state index contributed by atoms with van der Waals surface area (Å²) in [6.07, 6.45) is 0. The molecule has 13 aromatic rings. The van der Waals surface area contributed by atoms with E-state index in [1.165, 1.54) is 65.6 Å². The lowest BCUT2D eigenvalue weighted by molar-refractivity contribution is 1.19. The number of hydrogen-bond donors (Lipinski definition) is 0. The molecular weight excluding hydrogens is 787 g/mol. The lowest BCUT2D eigenvalue weighted by Gasteiger charge is -2.14. The molecule has 2 aromatic heterocycles. The Morgan fingerprint density at radius 1 is 0.292 bits per heavy atom. The quantitative estimate of drug-likeness (QED) is 0.167. The summed E-state index contributed by atoms with van der Waals surface area (Å²) in [5, 5.41) is 10.8. The van der Waals surface area contributed by atoms with Crippen molar-refractivity contribution in [2.24, 2.45) is 0 Å². The van der Waals surface area contributed by atoms with Crippen molar-refractivity contribution in [3.05, 3.63) is 237 Å². The van der Waals surface area contributed by atoms with Gasteiger partial charge in [0.25, 0.3) is 0 Å². The minimum absolute atomic E-state index is 0.706. The van der Waals surface area contributed by atoms with Gasteiger partial charge in [-0.1, -0.05) is 200 Å². The first-order valence-corrected chi connectivity index (χ1v) is 22.2. The molecule has 0 saturated carbocycles. The topological polar surface area (TPSA) is 30.7 Å². The summed E-state index contributed by atoms with van der Waals surface area (Å²) < 4.78 is 2.47. The fourth-order valence-electron chi connectivity index (χ4n) is 10.1. The van der Waals surface area contributed by atoms with Gasteiger partial charge in [-0.2, -0.15) is 0 Å². The van der Waals surface area contributed by atoms with E-state index in [1.54, 1.807) is 0 Å². The van der Waals surface area contributed by atoms with Gasteiger partial charge in [-0.15, -0.1) is 0 Å². The number of hydrogen-bond acceptors (Lipinski definition) is 2. The predicted molar refractivity (Wildman–Crippen MR) is 274 cm³/mol. The van der Waals surface area contributed by atoms with E-state index >= 15 is 0 Å². The van der Waals surface area contributed by atoms with Crippen LogP contribution in [0.3, 0.4) is 0 Å². The second kappa shape index (κ2) is 15.0. The maximum Gasteiger partial charge on any atom is 0.161 e. The Bertz CT molecular complexity index is 3980. The molecule has 3 nitrogen and oxygen atoms in total. The molecule has 13 rings (SSSR count). The van der Waals surface area contributed by atoms with Crippen LogP contribution in [0.5, 0.6) is 0 Å².